The predicted octanol–water partition coefficient (Wildman–Crippen LogP) is -5.05. The van der Waals surface area contributed by atoms with Crippen LogP contribution in [0.3, 0.4) is 0 Å². The summed E-state index contributed by atoms with van der Waals surface area (Å²) in [4.78, 5) is 19.8. The van der Waals surface area contributed by atoms with E-state index in [4.69, 9.17) is 10.2 Å². The minimum absolute atomic E-state index is 0. The summed E-state index contributed by atoms with van der Waals surface area (Å²) in [5.74, 6) is -1.74. The molecule has 0 heterocycles. The van der Waals surface area contributed by atoms with Crippen molar-refractivity contribution in [2.75, 3.05) is 0 Å². The van der Waals surface area contributed by atoms with Crippen molar-refractivity contribution in [3.63, 3.8) is 0 Å². The van der Waals surface area contributed by atoms with Crippen LogP contribution in [0.15, 0.2) is 0 Å². The number of aliphatic carboxylic acids is 2. The van der Waals surface area contributed by atoms with E-state index in [9.17, 15) is 9.59 Å². The van der Waals surface area contributed by atoms with Gasteiger partial charge in [0.1, 0.15) is 0 Å². The fraction of sp³-hybridized carbons (Fsp3) is 0.667. The maximum Gasteiger partial charge on any atom is 1.00 e. The van der Waals surface area contributed by atoms with Crippen LogP contribution in [0.5, 0.6) is 0 Å². The number of unbranched alkanes of at least 4 members (excludes halogenated alkanes) is 1. The molecule has 0 radical (unpaired) electrons. The number of carboxylic acids is 2. The third-order valence-electron chi connectivity index (χ3n) is 1.03. The molecule has 2 N–H and O–H groups in total. The van der Waals surface area contributed by atoms with Crippen LogP contribution in [0.4, 0.5) is 0 Å². The van der Waals surface area contributed by atoms with Gasteiger partial charge in [0.15, 0.2) is 0 Å². The normalized spacial score (nSPS) is 7.67. The Kier molecular flexibility index (Phi) is 16.7. The number of hydrogen-bond acceptors (Lipinski definition) is 2. The summed E-state index contributed by atoms with van der Waals surface area (Å²) < 4.78 is 0. The van der Waals surface area contributed by atoms with Crippen molar-refractivity contribution < 1.29 is 60.4 Å². The van der Waals surface area contributed by atoms with Gasteiger partial charge in [0.05, 0.1) is 0 Å². The van der Waals surface area contributed by atoms with Crippen LogP contribution >= 0.6 is 0 Å². The van der Waals surface area contributed by atoms with Gasteiger partial charge in [-0.25, -0.2) is 0 Å². The molecule has 0 aliphatic rings. The van der Waals surface area contributed by atoms with Gasteiger partial charge in [-0.1, -0.05) is 0 Å². The van der Waals surface area contributed by atoms with E-state index in [1.54, 1.807) is 0 Å². The predicted molar refractivity (Wildman–Crippen MR) is 36.0 cm³/mol. The molecule has 0 aromatic rings. The van der Waals surface area contributed by atoms with E-state index >= 15 is 0 Å². The Balaban J connectivity index is -0.0000000675. The van der Waals surface area contributed by atoms with Crippen LogP contribution < -0.4 is 37.7 Å². The van der Waals surface area contributed by atoms with E-state index in [0.717, 1.165) is 0 Å². The first-order valence-corrected chi connectivity index (χ1v) is 3.06. The van der Waals surface area contributed by atoms with Gasteiger partial charge < -0.3 is 13.1 Å². The largest absolute Gasteiger partial charge is 1.00 e. The van der Waals surface area contributed by atoms with Crippen molar-refractivity contribution >= 4 is 11.9 Å². The Hall–Kier alpha value is 0.135. The van der Waals surface area contributed by atoms with Gasteiger partial charge in [-0.15, -0.1) is 0 Å². The zero-order valence-corrected chi connectivity index (χ0v) is 7.54. The molecule has 62 valence electrons. The van der Waals surface area contributed by atoms with Gasteiger partial charge in [-0.2, -0.15) is 0 Å². The minimum atomic E-state index is -0.870. The molecule has 0 rings (SSSR count). The average molecular weight is 162 g/mol. The van der Waals surface area contributed by atoms with Crippen LogP contribution in [0, 0.1) is 0 Å². The first-order chi connectivity index (χ1) is 4.63. The molecule has 0 amide bonds. The number of rotatable bonds is 5. The van der Waals surface area contributed by atoms with E-state index in [-0.39, 0.29) is 53.4 Å². The molecule has 0 fully saturated rings. The Morgan fingerprint density at radius 1 is 0.917 bits per heavy atom. The second kappa shape index (κ2) is 11.1. The van der Waals surface area contributed by atoms with Crippen LogP contribution in [0.2, 0.25) is 0 Å². The van der Waals surface area contributed by atoms with Gasteiger partial charge >= 0.3 is 49.7 Å². The maximum absolute atomic E-state index is 9.90. The standard InChI is InChI=1S/C6H10O4.2Li.2H/c7-5(8)3-1-2-4-6(9)10;;;;/h1-4H2,(H,7,8)(H,9,10);;;;/q;2*+1;2*-1. The Morgan fingerprint density at radius 2 is 1.17 bits per heavy atom. The molecule has 0 aliphatic carbocycles. The van der Waals surface area contributed by atoms with Crippen molar-refractivity contribution in [2.45, 2.75) is 25.7 Å². The zero-order chi connectivity index (χ0) is 7.98. The summed E-state index contributed by atoms with van der Waals surface area (Å²) in [6.07, 6.45) is 1.02. The second-order valence-corrected chi connectivity index (χ2v) is 1.99. The monoisotopic (exact) mass is 162 g/mol. The number of hydrogen-bond donors (Lipinski definition) is 2. The van der Waals surface area contributed by atoms with Crippen molar-refractivity contribution in [3.05, 3.63) is 0 Å². The van der Waals surface area contributed by atoms with Crippen molar-refractivity contribution in [2.24, 2.45) is 0 Å². The minimum Gasteiger partial charge on any atom is -1.00 e. The molecular formula is C6H12Li2O4. The van der Waals surface area contributed by atoms with Crippen LogP contribution in [-0.2, 0) is 9.59 Å². The smallest absolute Gasteiger partial charge is 1.00 e. The maximum atomic E-state index is 9.90. The zero-order valence-electron chi connectivity index (χ0n) is 9.54. The SMILES string of the molecule is O=C(O)CCCCC(=O)O.[H-].[H-].[Li+].[Li+]. The molecule has 4 nitrogen and oxygen atoms in total. The summed E-state index contributed by atoms with van der Waals surface area (Å²) in [5, 5.41) is 16.3. The van der Waals surface area contributed by atoms with E-state index < -0.39 is 11.9 Å². The van der Waals surface area contributed by atoms with E-state index in [1.807, 2.05) is 0 Å². The molecule has 0 aromatic carbocycles. The molecule has 0 spiro atoms. The summed E-state index contributed by atoms with van der Waals surface area (Å²) >= 11 is 0. The third-order valence-corrected chi connectivity index (χ3v) is 1.03. The van der Waals surface area contributed by atoms with Crippen molar-refractivity contribution in [3.8, 4) is 0 Å². The van der Waals surface area contributed by atoms with Gasteiger partial charge in [0.25, 0.3) is 0 Å². The van der Waals surface area contributed by atoms with E-state index in [0.29, 0.717) is 12.8 Å². The molecule has 0 bridgehead atoms. The van der Waals surface area contributed by atoms with Crippen LogP contribution in [0.25, 0.3) is 0 Å². The Labute approximate surface area is 98.0 Å². The first kappa shape index (κ1) is 18.0. The Morgan fingerprint density at radius 3 is 1.33 bits per heavy atom. The number of carbonyl (C=O) groups is 2. The second-order valence-electron chi connectivity index (χ2n) is 1.99. The molecule has 6 heteroatoms. The topological polar surface area (TPSA) is 74.6 Å². The fourth-order valence-corrected chi connectivity index (χ4v) is 0.552. The van der Waals surface area contributed by atoms with E-state index in [2.05, 4.69) is 0 Å². The van der Waals surface area contributed by atoms with Gasteiger partial charge in [-0.05, 0) is 12.8 Å². The molecule has 0 aromatic heterocycles. The third kappa shape index (κ3) is 16.6. The molecule has 0 saturated carbocycles. The average Bonchev–Trinajstić information content (AvgIpc) is 1.79. The van der Waals surface area contributed by atoms with Crippen molar-refractivity contribution in [1.29, 1.82) is 0 Å². The molecule has 0 aliphatic heterocycles. The van der Waals surface area contributed by atoms with E-state index in [1.165, 1.54) is 0 Å². The van der Waals surface area contributed by atoms with Gasteiger partial charge in [0, 0.05) is 12.8 Å². The van der Waals surface area contributed by atoms with Crippen LogP contribution in [0.1, 0.15) is 28.5 Å². The summed E-state index contributed by atoms with van der Waals surface area (Å²) in [7, 11) is 0. The summed E-state index contributed by atoms with van der Waals surface area (Å²) in [6.45, 7) is 0. The number of carboxylic acid groups (broad SMARTS) is 2. The van der Waals surface area contributed by atoms with Gasteiger partial charge in [-0.3, -0.25) is 9.59 Å². The molecule has 0 unspecified atom stereocenters. The van der Waals surface area contributed by atoms with Crippen LogP contribution in [-0.4, -0.2) is 22.2 Å². The first-order valence-electron chi connectivity index (χ1n) is 3.06. The van der Waals surface area contributed by atoms with Gasteiger partial charge in [0.2, 0.25) is 0 Å². The molecule has 12 heavy (non-hydrogen) atoms. The summed E-state index contributed by atoms with van der Waals surface area (Å²) in [6, 6.07) is 0. The molecule has 0 saturated heterocycles. The quantitative estimate of drug-likeness (QED) is 0.313. The Bertz CT molecular complexity index is 130. The van der Waals surface area contributed by atoms with Crippen molar-refractivity contribution in [1.82, 2.24) is 0 Å². The molecular weight excluding hydrogens is 150 g/mol. The summed E-state index contributed by atoms with van der Waals surface area (Å²) in [5.41, 5.74) is 0. The molecule has 0 atom stereocenters. The fourth-order valence-electron chi connectivity index (χ4n) is 0.552.